The average Bonchev–Trinajstić information content (AvgIpc) is 2.41. The Morgan fingerprint density at radius 1 is 0.773 bits per heavy atom. The molecule has 4 rings (SSSR count). The third-order valence-electron chi connectivity index (χ3n) is 16.1. The number of methoxy groups -OCH3 is 2. The normalized spacial score (nSPS) is 16.6. The fourth-order valence-electron chi connectivity index (χ4n) is 11.1. The summed E-state index contributed by atoms with van der Waals surface area (Å²) in [6.07, 6.45) is 3.13. The van der Waals surface area contributed by atoms with E-state index in [4.69, 9.17) is 25.8 Å². The number of nitrogens with one attached hydrogen (secondary N) is 6. The summed E-state index contributed by atoms with van der Waals surface area (Å²) in [5, 5.41) is 19.3. The first-order valence-corrected chi connectivity index (χ1v) is 31.1. The van der Waals surface area contributed by atoms with Gasteiger partial charge in [0.25, 0.3) is 5.91 Å². The van der Waals surface area contributed by atoms with Crippen LogP contribution < -0.4 is 48.3 Å². The molecule has 0 unspecified atom stereocenters. The summed E-state index contributed by atoms with van der Waals surface area (Å²) in [5.74, 6) is -0.478. The second kappa shape index (κ2) is 36.3. The molecule has 11 atom stereocenters. The fourth-order valence-corrected chi connectivity index (χ4v) is 11.8. The van der Waals surface area contributed by atoms with Gasteiger partial charge in [0.1, 0.15) is 41.5 Å². The van der Waals surface area contributed by atoms with Gasteiger partial charge >= 0.3 is 6.03 Å². The third kappa shape index (κ3) is 21.5. The van der Waals surface area contributed by atoms with Crippen LogP contribution in [0, 0.1) is 29.6 Å². The second-order valence-corrected chi connectivity index (χ2v) is 24.5. The number of hydrogen-bond donors (Lipinski definition) is 8. The van der Waals surface area contributed by atoms with Crippen LogP contribution in [-0.4, -0.2) is 176 Å². The van der Waals surface area contributed by atoms with Crippen LogP contribution in [0.1, 0.15) is 117 Å². The molecule has 1 aliphatic rings. The van der Waals surface area contributed by atoms with E-state index in [-0.39, 0.29) is 61.2 Å². The summed E-state index contributed by atoms with van der Waals surface area (Å²) in [7, 11) is 6.21. The molecule has 10 amide bonds. The molecule has 10 N–H and O–H groups in total. The minimum absolute atomic E-state index is 0.0677. The van der Waals surface area contributed by atoms with Crippen molar-refractivity contribution in [3.63, 3.8) is 0 Å². The maximum atomic E-state index is 14.8. The zero-order chi connectivity index (χ0) is 65.4. The molecular formula is C62H96N12O13S. The van der Waals surface area contributed by atoms with Crippen molar-refractivity contribution in [2.24, 2.45) is 41.2 Å². The van der Waals surface area contributed by atoms with Crippen LogP contribution in [0.4, 0.5) is 10.5 Å². The predicted octanol–water partition coefficient (Wildman–Crippen LogP) is 4.07. The Kier molecular flexibility index (Phi) is 30.2. The number of nitrogens with two attached hydrogens (primary N) is 2. The number of amides is 10. The highest BCUT2D eigenvalue weighted by molar-refractivity contribution is 7.09. The average molecular weight is 1250 g/mol. The molecule has 1 aliphatic heterocycles. The molecule has 2 aromatic carbocycles. The first-order chi connectivity index (χ1) is 41.8. The molecule has 88 heavy (non-hydrogen) atoms. The molecule has 2 heterocycles. The summed E-state index contributed by atoms with van der Waals surface area (Å²) in [6, 6.07) is 9.66. The second-order valence-electron chi connectivity index (χ2n) is 23.5. The minimum Gasteiger partial charge on any atom is -0.484 e. The third-order valence-corrected chi connectivity index (χ3v) is 17.0. The fraction of sp³-hybridized carbons (Fsp3) is 0.613. The Hall–Kier alpha value is -7.26. The largest absolute Gasteiger partial charge is 0.484 e. The molecule has 488 valence electrons. The number of carbonyl (C=O) groups is 9. The number of primary amides is 1. The molecule has 3 aromatic rings. The van der Waals surface area contributed by atoms with E-state index in [1.165, 1.54) is 54.7 Å². The van der Waals surface area contributed by atoms with E-state index in [9.17, 15) is 43.2 Å². The molecule has 0 radical (unpaired) electrons. The van der Waals surface area contributed by atoms with Crippen molar-refractivity contribution >= 4 is 70.3 Å². The number of nitrogens with zero attached hydrogens (tertiary/aromatic N) is 4. The topological polar surface area (TPSA) is 337 Å². The Labute approximate surface area is 522 Å². The number of aromatic nitrogens is 1. The number of thiazole rings is 1. The number of hydrogen-bond acceptors (Lipinski definition) is 16. The van der Waals surface area contributed by atoms with Crippen LogP contribution in [0.25, 0.3) is 0 Å². The Bertz CT molecular complexity index is 2720. The number of benzene rings is 2. The zero-order valence-corrected chi connectivity index (χ0v) is 54.2. The lowest BCUT2D eigenvalue weighted by Gasteiger charge is -2.41. The highest BCUT2D eigenvalue weighted by Crippen LogP contribution is 2.31. The number of rotatable bonds is 36. The van der Waals surface area contributed by atoms with Crippen LogP contribution in [0.2, 0.25) is 0 Å². The van der Waals surface area contributed by atoms with Gasteiger partial charge in [0.15, 0.2) is 6.61 Å². The summed E-state index contributed by atoms with van der Waals surface area (Å²) in [5.41, 5.74) is 6.56. The molecule has 1 fully saturated rings. The molecule has 0 spiro atoms. The number of ether oxygens (including phenoxy) is 3. The SMILES string of the molecule is CC[C@H](C)[C@@H]([C@@H](CC(=O)N1CCC[C@H]1[C@H](OC)[C@@H](C)C(=O)N[C@@H](Cc1ccccc1)c1nccs1)OC)N(C)C(=O)[C@@H](NC(=O)[C@H](C(C)C)N(C)C(=O)COc1ccc(NC(=O)[C@H](CCCNC(N)=O)NC(=O)[C@@H](NC(=O)CON)C(C)C)cc1)C(C)C. The summed E-state index contributed by atoms with van der Waals surface area (Å²) in [4.78, 5) is 136. The molecular weight excluding hydrogens is 1150 g/mol. The number of likely N-dealkylation sites (N-methyl/N-ethyl adjacent to an activating group) is 2. The van der Waals surface area contributed by atoms with E-state index >= 15 is 0 Å². The highest BCUT2D eigenvalue weighted by Gasteiger charge is 2.44. The van der Waals surface area contributed by atoms with Crippen molar-refractivity contribution in [1.82, 2.24) is 46.3 Å². The van der Waals surface area contributed by atoms with Gasteiger partial charge in [-0.15, -0.1) is 11.3 Å². The first-order valence-electron chi connectivity index (χ1n) is 30.2. The predicted molar refractivity (Wildman–Crippen MR) is 334 cm³/mol. The van der Waals surface area contributed by atoms with Gasteiger partial charge in [-0.05, 0) is 85.6 Å². The lowest BCUT2D eigenvalue weighted by atomic mass is 9.89. The van der Waals surface area contributed by atoms with E-state index in [0.717, 1.165) is 10.6 Å². The first kappa shape index (κ1) is 73.2. The lowest BCUT2D eigenvalue weighted by Crippen LogP contribution is -2.60. The van der Waals surface area contributed by atoms with Crippen molar-refractivity contribution < 1.29 is 62.2 Å². The molecule has 0 bridgehead atoms. The van der Waals surface area contributed by atoms with Gasteiger partial charge in [-0.3, -0.25) is 43.2 Å². The van der Waals surface area contributed by atoms with Crippen molar-refractivity contribution in [1.29, 1.82) is 0 Å². The number of carbonyl (C=O) groups excluding carboxylic acids is 9. The highest BCUT2D eigenvalue weighted by atomic mass is 32.1. The quantitative estimate of drug-likeness (QED) is 0.0301. The van der Waals surface area contributed by atoms with Gasteiger partial charge in [-0.25, -0.2) is 15.7 Å². The monoisotopic (exact) mass is 1250 g/mol. The van der Waals surface area contributed by atoms with Gasteiger partial charge < -0.3 is 66.5 Å². The summed E-state index contributed by atoms with van der Waals surface area (Å²) in [6.45, 7) is 16.0. The number of likely N-dealkylation sites (tertiary alicyclic amines) is 1. The Morgan fingerprint density at radius 2 is 1.44 bits per heavy atom. The smallest absolute Gasteiger partial charge is 0.312 e. The van der Waals surface area contributed by atoms with E-state index in [1.54, 1.807) is 57.8 Å². The molecule has 0 saturated carbocycles. The van der Waals surface area contributed by atoms with E-state index < -0.39 is 121 Å². The van der Waals surface area contributed by atoms with Crippen LogP contribution in [0.5, 0.6) is 5.75 Å². The van der Waals surface area contributed by atoms with Crippen LogP contribution in [0.15, 0.2) is 66.2 Å². The maximum Gasteiger partial charge on any atom is 0.312 e. The molecule has 1 aromatic heterocycles. The molecule has 26 heteroatoms. The Balaban J connectivity index is 1.42. The van der Waals surface area contributed by atoms with E-state index in [1.807, 2.05) is 70.3 Å². The maximum absolute atomic E-state index is 14.8. The lowest BCUT2D eigenvalue weighted by molar-refractivity contribution is -0.149. The molecule has 25 nitrogen and oxygen atoms in total. The van der Waals surface area contributed by atoms with Gasteiger partial charge in [0, 0.05) is 58.7 Å². The van der Waals surface area contributed by atoms with Gasteiger partial charge in [-0.2, -0.15) is 0 Å². The van der Waals surface area contributed by atoms with Crippen LogP contribution >= 0.6 is 11.3 Å². The summed E-state index contributed by atoms with van der Waals surface area (Å²) < 4.78 is 18.0. The van der Waals surface area contributed by atoms with Crippen molar-refractivity contribution in [2.45, 2.75) is 162 Å². The van der Waals surface area contributed by atoms with Gasteiger partial charge in [0.05, 0.1) is 42.7 Å². The van der Waals surface area contributed by atoms with E-state index in [0.29, 0.717) is 37.9 Å². The minimum atomic E-state index is -1.10. The van der Waals surface area contributed by atoms with Gasteiger partial charge in [0.2, 0.25) is 41.4 Å². The molecule has 1 saturated heterocycles. The van der Waals surface area contributed by atoms with Crippen LogP contribution in [-0.2, 0) is 59.1 Å². The van der Waals surface area contributed by atoms with Crippen molar-refractivity contribution in [3.8, 4) is 5.75 Å². The van der Waals surface area contributed by atoms with Crippen molar-refractivity contribution in [2.75, 3.05) is 59.9 Å². The standard InChI is InChI=1S/C62H96N12O13S/c1-14-39(8)54(47(84-12)33-49(76)74-30-19-23-46(74)55(85-13)40(9)56(78)69-45(60-65-29-31-88-60)32-41-20-16-15-17-21-41)73(11)61(82)52(37(4)5)71-59(81)53(38(6)7)72(10)50(77)35-86-43-26-24-42(25-27-43)67-57(79)44(22-18-28-66-62(63)83)68-58(80)51(36(2)3)70-48(75)34-87-64/h15-17,20-21,24-27,29,31,36-40,44-47,51-55H,14,18-19,22-23,28,30,32-35,64H2,1-13H3,(H,67,79)(H,68,80)(H,69,78)(H,70,75)(H,71,81)(H3,63,66,83)/t39-,40+,44-,45-,46-,47+,51-,52-,53-,54-,55+/m0/s1. The molecule has 0 aliphatic carbocycles. The van der Waals surface area contributed by atoms with Crippen LogP contribution in [0.3, 0.4) is 0 Å². The summed E-state index contributed by atoms with van der Waals surface area (Å²) >= 11 is 1.47. The number of anilines is 1. The van der Waals surface area contributed by atoms with Crippen molar-refractivity contribution in [3.05, 3.63) is 76.7 Å². The number of urea groups is 1. The van der Waals surface area contributed by atoms with Gasteiger partial charge in [-0.1, -0.05) is 99.1 Å². The zero-order valence-electron chi connectivity index (χ0n) is 53.4. The van der Waals surface area contributed by atoms with E-state index in [2.05, 4.69) is 41.7 Å². The Morgan fingerprint density at radius 3 is 2.01 bits per heavy atom.